The zero-order chi connectivity index (χ0) is 17.9. The van der Waals surface area contributed by atoms with E-state index < -0.39 is 5.92 Å². The van der Waals surface area contributed by atoms with Gasteiger partial charge in [0.25, 0.3) is 0 Å². The van der Waals surface area contributed by atoms with E-state index in [1.54, 1.807) is 7.05 Å². The number of carbonyl (C=O) groups excluding carboxylic acids is 1. The first-order valence-corrected chi connectivity index (χ1v) is 8.61. The summed E-state index contributed by atoms with van der Waals surface area (Å²) in [6.07, 6.45) is 2.29. The van der Waals surface area contributed by atoms with E-state index in [4.69, 9.17) is 5.10 Å². The SMILES string of the molecule is C[C@@H]1C(=O)C(C#N)C[C@]2(C)c3nn(C)c(-c4nnn(C)n4)c3CC[C@@H]12. The molecule has 0 spiro atoms. The fourth-order valence-corrected chi connectivity index (χ4v) is 4.92. The third kappa shape index (κ3) is 2.08. The second-order valence-electron chi connectivity index (χ2n) is 7.54. The lowest BCUT2D eigenvalue weighted by Crippen LogP contribution is -2.50. The Bertz CT molecular complexity index is 905. The van der Waals surface area contributed by atoms with Crippen molar-refractivity contribution in [1.29, 1.82) is 5.26 Å². The highest BCUT2D eigenvalue weighted by Crippen LogP contribution is 2.53. The minimum Gasteiger partial charge on any atom is -0.298 e. The fourth-order valence-electron chi connectivity index (χ4n) is 4.92. The van der Waals surface area contributed by atoms with Crippen molar-refractivity contribution in [2.75, 3.05) is 0 Å². The number of Topliss-reactive ketones (excluding diaryl/α,β-unsaturated/α-hetero) is 1. The van der Waals surface area contributed by atoms with Gasteiger partial charge in [0.1, 0.15) is 11.6 Å². The Morgan fingerprint density at radius 3 is 2.72 bits per heavy atom. The van der Waals surface area contributed by atoms with Gasteiger partial charge in [-0.15, -0.1) is 10.2 Å². The van der Waals surface area contributed by atoms with Crippen molar-refractivity contribution >= 4 is 5.78 Å². The third-order valence-corrected chi connectivity index (χ3v) is 6.11. The van der Waals surface area contributed by atoms with Crippen molar-refractivity contribution < 1.29 is 4.79 Å². The first kappa shape index (κ1) is 15.9. The molecule has 0 saturated heterocycles. The minimum absolute atomic E-state index is 0.0835. The summed E-state index contributed by atoms with van der Waals surface area (Å²) < 4.78 is 1.82. The van der Waals surface area contributed by atoms with Gasteiger partial charge in [-0.1, -0.05) is 13.8 Å². The number of hydrogen-bond acceptors (Lipinski definition) is 6. The molecule has 2 heterocycles. The third-order valence-electron chi connectivity index (χ3n) is 6.11. The molecule has 1 unspecified atom stereocenters. The molecule has 2 aromatic heterocycles. The molecule has 2 aliphatic carbocycles. The summed E-state index contributed by atoms with van der Waals surface area (Å²) in [5.74, 6) is 0.200. The standard InChI is InChI=1S/C17H21N7O/c1-9-12-6-5-11-13(16-19-22-24(4)21-16)23(3)20-15(11)17(12,2)7-10(8-18)14(9)25/h9-10,12H,5-7H2,1-4H3/t9-,10?,12-,17-/m0/s1. The molecule has 1 saturated carbocycles. The molecule has 25 heavy (non-hydrogen) atoms. The van der Waals surface area contributed by atoms with Crippen LogP contribution in [0.1, 0.15) is 37.9 Å². The summed E-state index contributed by atoms with van der Waals surface area (Å²) in [5.41, 5.74) is 2.74. The molecule has 1 fully saturated rings. The van der Waals surface area contributed by atoms with Crippen LogP contribution in [0.3, 0.4) is 0 Å². The Hall–Kier alpha value is -2.56. The van der Waals surface area contributed by atoms with Crippen LogP contribution in [0.25, 0.3) is 11.5 Å². The Balaban J connectivity index is 1.87. The predicted molar refractivity (Wildman–Crippen MR) is 88.1 cm³/mol. The second kappa shape index (κ2) is 5.22. The maximum Gasteiger partial charge on any atom is 0.223 e. The highest BCUT2D eigenvalue weighted by atomic mass is 16.1. The molecule has 0 N–H and O–H groups in total. The van der Waals surface area contributed by atoms with Gasteiger partial charge in [0.2, 0.25) is 5.82 Å². The molecule has 0 amide bonds. The lowest BCUT2D eigenvalue weighted by atomic mass is 9.54. The average molecular weight is 339 g/mol. The maximum absolute atomic E-state index is 12.5. The molecule has 4 atom stereocenters. The van der Waals surface area contributed by atoms with Crippen LogP contribution in [-0.4, -0.2) is 35.8 Å². The molecule has 4 rings (SSSR count). The first-order valence-electron chi connectivity index (χ1n) is 8.61. The molecule has 8 heteroatoms. The summed E-state index contributed by atoms with van der Waals surface area (Å²) in [6, 6.07) is 2.21. The van der Waals surface area contributed by atoms with Crippen LogP contribution in [-0.2, 0) is 30.7 Å². The van der Waals surface area contributed by atoms with E-state index >= 15 is 0 Å². The van der Waals surface area contributed by atoms with Crippen molar-refractivity contribution in [2.24, 2.45) is 31.8 Å². The van der Waals surface area contributed by atoms with E-state index in [2.05, 4.69) is 28.4 Å². The van der Waals surface area contributed by atoms with Gasteiger partial charge in [-0.2, -0.15) is 15.2 Å². The molecule has 2 aromatic rings. The van der Waals surface area contributed by atoms with Gasteiger partial charge < -0.3 is 0 Å². The number of fused-ring (bicyclic) bond motifs is 3. The number of nitriles is 1. The zero-order valence-corrected chi connectivity index (χ0v) is 14.9. The summed E-state index contributed by atoms with van der Waals surface area (Å²) >= 11 is 0. The molecule has 0 aromatic carbocycles. The van der Waals surface area contributed by atoms with Crippen LogP contribution < -0.4 is 0 Å². The number of tetrazole rings is 1. The topological polar surface area (TPSA) is 102 Å². The average Bonchev–Trinajstić information content (AvgIpc) is 3.14. The largest absolute Gasteiger partial charge is 0.298 e. The smallest absolute Gasteiger partial charge is 0.223 e. The summed E-state index contributed by atoms with van der Waals surface area (Å²) in [6.45, 7) is 4.12. The van der Waals surface area contributed by atoms with Crippen LogP contribution in [0, 0.1) is 29.1 Å². The van der Waals surface area contributed by atoms with E-state index in [1.165, 1.54) is 4.80 Å². The number of aromatic nitrogens is 6. The first-order chi connectivity index (χ1) is 11.9. The Morgan fingerprint density at radius 2 is 2.08 bits per heavy atom. The van der Waals surface area contributed by atoms with E-state index in [0.717, 1.165) is 29.8 Å². The highest BCUT2D eigenvalue weighted by molar-refractivity contribution is 5.87. The lowest BCUT2D eigenvalue weighted by molar-refractivity contribution is -0.132. The van der Waals surface area contributed by atoms with E-state index in [9.17, 15) is 10.1 Å². The molecule has 0 bridgehead atoms. The Morgan fingerprint density at radius 1 is 1.32 bits per heavy atom. The van der Waals surface area contributed by atoms with Gasteiger partial charge >= 0.3 is 0 Å². The Labute approximate surface area is 145 Å². The lowest BCUT2D eigenvalue weighted by Gasteiger charge is -2.48. The molecule has 0 aliphatic heterocycles. The van der Waals surface area contributed by atoms with Crippen molar-refractivity contribution in [2.45, 2.75) is 38.5 Å². The normalized spacial score (nSPS) is 31.3. The van der Waals surface area contributed by atoms with Crippen molar-refractivity contribution in [3.63, 3.8) is 0 Å². The highest BCUT2D eigenvalue weighted by Gasteiger charge is 2.53. The van der Waals surface area contributed by atoms with Crippen LogP contribution in [0.5, 0.6) is 0 Å². The van der Waals surface area contributed by atoms with E-state index in [-0.39, 0.29) is 23.0 Å². The molecular weight excluding hydrogens is 318 g/mol. The number of ketones is 1. The number of rotatable bonds is 1. The van der Waals surface area contributed by atoms with Gasteiger partial charge in [0.15, 0.2) is 5.78 Å². The van der Waals surface area contributed by atoms with Gasteiger partial charge in [0.05, 0.1) is 18.8 Å². The molecule has 130 valence electrons. The quantitative estimate of drug-likeness (QED) is 0.773. The van der Waals surface area contributed by atoms with Gasteiger partial charge in [-0.3, -0.25) is 9.48 Å². The van der Waals surface area contributed by atoms with Crippen LogP contribution in [0.4, 0.5) is 0 Å². The molecule has 8 nitrogen and oxygen atoms in total. The second-order valence-corrected chi connectivity index (χ2v) is 7.54. The predicted octanol–water partition coefficient (Wildman–Crippen LogP) is 1.18. The summed E-state index contributed by atoms with van der Waals surface area (Å²) in [5, 5.41) is 26.7. The zero-order valence-electron chi connectivity index (χ0n) is 14.9. The monoisotopic (exact) mass is 339 g/mol. The van der Waals surface area contributed by atoms with Crippen LogP contribution >= 0.6 is 0 Å². The van der Waals surface area contributed by atoms with E-state index in [1.807, 2.05) is 18.7 Å². The van der Waals surface area contributed by atoms with Crippen molar-refractivity contribution in [3.8, 4) is 17.6 Å². The maximum atomic E-state index is 12.5. The van der Waals surface area contributed by atoms with E-state index in [0.29, 0.717) is 12.2 Å². The molecular formula is C17H21N7O. The van der Waals surface area contributed by atoms with Gasteiger partial charge in [-0.05, 0) is 30.4 Å². The van der Waals surface area contributed by atoms with Crippen molar-refractivity contribution in [1.82, 2.24) is 30.0 Å². The number of nitrogens with zero attached hydrogens (tertiary/aromatic N) is 7. The summed E-state index contributed by atoms with van der Waals surface area (Å²) in [7, 11) is 3.63. The number of carbonyl (C=O) groups is 1. The Kier molecular flexibility index (Phi) is 3.33. The summed E-state index contributed by atoms with van der Waals surface area (Å²) in [4.78, 5) is 13.9. The fraction of sp³-hybridized carbons (Fsp3) is 0.647. The number of aryl methyl sites for hydroxylation is 2. The molecule has 2 aliphatic rings. The van der Waals surface area contributed by atoms with Gasteiger partial charge in [-0.25, -0.2) is 0 Å². The van der Waals surface area contributed by atoms with Crippen LogP contribution in [0.2, 0.25) is 0 Å². The minimum atomic E-state index is -0.553. The van der Waals surface area contributed by atoms with Gasteiger partial charge in [0, 0.05) is 23.9 Å². The molecule has 0 radical (unpaired) electrons. The number of hydrogen-bond donors (Lipinski definition) is 0. The van der Waals surface area contributed by atoms with Crippen molar-refractivity contribution in [3.05, 3.63) is 11.3 Å². The van der Waals surface area contributed by atoms with Crippen LogP contribution in [0.15, 0.2) is 0 Å².